The van der Waals surface area contributed by atoms with Crippen LogP contribution in [0.1, 0.15) is 55.3 Å². The summed E-state index contributed by atoms with van der Waals surface area (Å²) in [6, 6.07) is 14.2. The summed E-state index contributed by atoms with van der Waals surface area (Å²) in [6.45, 7) is 6.08. The highest BCUT2D eigenvalue weighted by molar-refractivity contribution is 8.00. The molecule has 1 aliphatic rings. The number of aromatic nitrogens is 4. The predicted octanol–water partition coefficient (Wildman–Crippen LogP) is 5.80. The van der Waals surface area contributed by atoms with Crippen LogP contribution < -0.4 is 0 Å². The lowest BCUT2D eigenvalue weighted by Crippen LogP contribution is -2.33. The zero-order chi connectivity index (χ0) is 23.7. The molecule has 176 valence electrons. The SMILES string of the molecule is C[C@@H](Sc1nnc([C@H](C)N2CCCCC2)n1-c1ccc(F)cc1)C(=O)c1c[nH]c2ccccc12. The number of benzene rings is 2. The lowest BCUT2D eigenvalue weighted by atomic mass is 10.1. The molecule has 0 unspecified atom stereocenters. The number of halogens is 1. The Bertz CT molecular complexity index is 1290. The summed E-state index contributed by atoms with van der Waals surface area (Å²) in [5.74, 6) is 0.545. The van der Waals surface area contributed by atoms with Crippen LogP contribution in [-0.2, 0) is 0 Å². The number of Topliss-reactive ketones (excluding diaryl/α,β-unsaturated/α-hetero) is 1. The first-order valence-electron chi connectivity index (χ1n) is 11.7. The number of aromatic amines is 1. The number of piperidine rings is 1. The number of hydrogen-bond donors (Lipinski definition) is 1. The molecule has 5 rings (SSSR count). The number of fused-ring (bicyclic) bond motifs is 1. The number of likely N-dealkylation sites (tertiary alicyclic amines) is 1. The predicted molar refractivity (Wildman–Crippen MR) is 133 cm³/mol. The minimum atomic E-state index is -0.374. The van der Waals surface area contributed by atoms with Crippen molar-refractivity contribution in [3.8, 4) is 5.69 Å². The van der Waals surface area contributed by atoms with Crippen LogP contribution in [-0.4, -0.2) is 48.8 Å². The molecular weight excluding hydrogens is 449 g/mol. The van der Waals surface area contributed by atoms with E-state index in [2.05, 4.69) is 27.0 Å². The number of thioether (sulfide) groups is 1. The highest BCUT2D eigenvalue weighted by Gasteiger charge is 2.28. The van der Waals surface area contributed by atoms with Crippen LogP contribution in [0.5, 0.6) is 0 Å². The van der Waals surface area contributed by atoms with Crippen LogP contribution >= 0.6 is 11.8 Å². The van der Waals surface area contributed by atoms with Crippen LogP contribution in [0.3, 0.4) is 0 Å². The second-order valence-corrected chi connectivity index (χ2v) is 10.1. The molecule has 8 heteroatoms. The molecule has 0 saturated carbocycles. The molecule has 0 amide bonds. The highest BCUT2D eigenvalue weighted by Crippen LogP contribution is 2.33. The Kier molecular flexibility index (Phi) is 6.52. The lowest BCUT2D eigenvalue weighted by molar-refractivity contribution is 0.0995. The van der Waals surface area contributed by atoms with Gasteiger partial charge in [0, 0.05) is 28.4 Å². The first-order valence-corrected chi connectivity index (χ1v) is 12.6. The van der Waals surface area contributed by atoms with Gasteiger partial charge in [0.1, 0.15) is 5.82 Å². The number of hydrogen-bond acceptors (Lipinski definition) is 5. The van der Waals surface area contributed by atoms with Crippen molar-refractivity contribution in [2.75, 3.05) is 13.1 Å². The van der Waals surface area contributed by atoms with Crippen molar-refractivity contribution in [2.45, 2.75) is 49.6 Å². The molecule has 2 aromatic heterocycles. The van der Waals surface area contributed by atoms with E-state index in [0.717, 1.165) is 35.5 Å². The van der Waals surface area contributed by atoms with Gasteiger partial charge in [0.25, 0.3) is 0 Å². The number of H-pyrrole nitrogens is 1. The van der Waals surface area contributed by atoms with E-state index in [1.54, 1.807) is 18.3 Å². The van der Waals surface area contributed by atoms with Crippen molar-refractivity contribution in [1.82, 2.24) is 24.6 Å². The van der Waals surface area contributed by atoms with E-state index in [0.29, 0.717) is 10.7 Å². The Balaban J connectivity index is 1.47. The van der Waals surface area contributed by atoms with Gasteiger partial charge in [0.15, 0.2) is 16.8 Å². The average Bonchev–Trinajstić information content (AvgIpc) is 3.49. The van der Waals surface area contributed by atoms with Crippen molar-refractivity contribution < 1.29 is 9.18 Å². The smallest absolute Gasteiger partial charge is 0.196 e. The Morgan fingerprint density at radius 1 is 1.03 bits per heavy atom. The van der Waals surface area contributed by atoms with Crippen LogP contribution in [0, 0.1) is 5.82 Å². The topological polar surface area (TPSA) is 66.8 Å². The molecule has 3 heterocycles. The van der Waals surface area contributed by atoms with Crippen molar-refractivity contribution in [2.24, 2.45) is 0 Å². The minimum Gasteiger partial charge on any atom is -0.360 e. The standard InChI is InChI=1S/C26H28FN5OS/c1-17(31-14-6-3-7-15-31)25-29-30-26(32(25)20-12-10-19(27)11-13-20)34-18(2)24(33)22-16-28-23-9-5-4-8-21(22)23/h4-5,8-13,16-18,28H,3,6-7,14-15H2,1-2H3/t17-,18+/m0/s1. The Labute approximate surface area is 202 Å². The quantitative estimate of drug-likeness (QED) is 0.269. The van der Waals surface area contributed by atoms with E-state index in [9.17, 15) is 9.18 Å². The number of carbonyl (C=O) groups is 1. The molecular formula is C26H28FN5OS. The van der Waals surface area contributed by atoms with Crippen LogP contribution in [0.15, 0.2) is 59.9 Å². The third kappa shape index (κ3) is 4.40. The van der Waals surface area contributed by atoms with Crippen LogP contribution in [0.2, 0.25) is 0 Å². The third-order valence-electron chi connectivity index (χ3n) is 6.56. The Morgan fingerprint density at radius 2 is 1.76 bits per heavy atom. The summed E-state index contributed by atoms with van der Waals surface area (Å²) in [5, 5.41) is 10.2. The van der Waals surface area contributed by atoms with Gasteiger partial charge < -0.3 is 4.98 Å². The Hall–Kier alpha value is -2.97. The van der Waals surface area contributed by atoms with Gasteiger partial charge in [0.05, 0.1) is 11.3 Å². The van der Waals surface area contributed by atoms with Gasteiger partial charge in [-0.2, -0.15) is 0 Å². The number of nitrogens with zero attached hydrogens (tertiary/aromatic N) is 4. The maximum absolute atomic E-state index is 13.7. The van der Waals surface area contributed by atoms with E-state index in [4.69, 9.17) is 0 Å². The first-order chi connectivity index (χ1) is 16.5. The first kappa shape index (κ1) is 22.8. The van der Waals surface area contributed by atoms with Crippen LogP contribution in [0.25, 0.3) is 16.6 Å². The molecule has 0 spiro atoms. The Morgan fingerprint density at radius 3 is 2.53 bits per heavy atom. The van der Waals surface area contributed by atoms with Crippen LogP contribution in [0.4, 0.5) is 4.39 Å². The zero-order valence-electron chi connectivity index (χ0n) is 19.4. The van der Waals surface area contributed by atoms with E-state index in [1.165, 1.54) is 43.2 Å². The fourth-order valence-electron chi connectivity index (χ4n) is 4.64. The molecule has 34 heavy (non-hydrogen) atoms. The number of ketones is 1. The molecule has 0 bridgehead atoms. The lowest BCUT2D eigenvalue weighted by Gasteiger charge is -2.32. The fourth-order valence-corrected chi connectivity index (χ4v) is 5.58. The van der Waals surface area contributed by atoms with Crippen molar-refractivity contribution in [1.29, 1.82) is 0 Å². The summed E-state index contributed by atoms with van der Waals surface area (Å²) in [5.41, 5.74) is 2.40. The molecule has 2 aromatic carbocycles. The molecule has 0 radical (unpaired) electrons. The van der Waals surface area contributed by atoms with Gasteiger partial charge in [-0.15, -0.1) is 10.2 Å². The molecule has 2 atom stereocenters. The molecule has 1 saturated heterocycles. The van der Waals surface area contributed by atoms with Crippen molar-refractivity contribution in [3.63, 3.8) is 0 Å². The summed E-state index contributed by atoms with van der Waals surface area (Å²) in [7, 11) is 0. The maximum Gasteiger partial charge on any atom is 0.196 e. The largest absolute Gasteiger partial charge is 0.360 e. The van der Waals surface area contributed by atoms with Gasteiger partial charge in [-0.05, 0) is 70.1 Å². The van der Waals surface area contributed by atoms with Crippen molar-refractivity contribution >= 4 is 28.4 Å². The van der Waals surface area contributed by atoms with Gasteiger partial charge in [0.2, 0.25) is 0 Å². The summed E-state index contributed by atoms with van der Waals surface area (Å²) in [6.07, 6.45) is 5.38. The normalized spacial score (nSPS) is 16.6. The molecule has 0 aliphatic carbocycles. The molecule has 6 nitrogen and oxygen atoms in total. The van der Waals surface area contributed by atoms with Gasteiger partial charge >= 0.3 is 0 Å². The average molecular weight is 478 g/mol. The monoisotopic (exact) mass is 477 g/mol. The maximum atomic E-state index is 13.7. The van der Waals surface area contributed by atoms with Gasteiger partial charge in [-0.1, -0.05) is 36.4 Å². The summed E-state index contributed by atoms with van der Waals surface area (Å²) < 4.78 is 15.7. The molecule has 1 N–H and O–H groups in total. The van der Waals surface area contributed by atoms with E-state index in [-0.39, 0.29) is 22.9 Å². The van der Waals surface area contributed by atoms with Gasteiger partial charge in [-0.25, -0.2) is 4.39 Å². The number of nitrogens with one attached hydrogen (secondary N) is 1. The van der Waals surface area contributed by atoms with Gasteiger partial charge in [-0.3, -0.25) is 14.3 Å². The summed E-state index contributed by atoms with van der Waals surface area (Å²) in [4.78, 5) is 18.9. The number of para-hydroxylation sites is 1. The fraction of sp³-hybridized carbons (Fsp3) is 0.346. The minimum absolute atomic E-state index is 0.0294. The molecule has 1 fully saturated rings. The second-order valence-electron chi connectivity index (χ2n) is 8.80. The third-order valence-corrected chi connectivity index (χ3v) is 7.60. The molecule has 4 aromatic rings. The number of rotatable bonds is 7. The molecule has 1 aliphatic heterocycles. The van der Waals surface area contributed by atoms with E-state index < -0.39 is 0 Å². The zero-order valence-corrected chi connectivity index (χ0v) is 20.2. The second kappa shape index (κ2) is 9.72. The number of carbonyl (C=O) groups excluding carboxylic acids is 1. The highest BCUT2D eigenvalue weighted by atomic mass is 32.2. The summed E-state index contributed by atoms with van der Waals surface area (Å²) >= 11 is 1.38. The van der Waals surface area contributed by atoms with E-state index in [1.807, 2.05) is 35.8 Å². The van der Waals surface area contributed by atoms with E-state index >= 15 is 0 Å². The van der Waals surface area contributed by atoms with Crippen molar-refractivity contribution in [3.05, 3.63) is 71.9 Å².